The van der Waals surface area contributed by atoms with Crippen molar-refractivity contribution in [2.24, 2.45) is 0 Å². The molecule has 1 N–H and O–H groups in total. The maximum Gasteiger partial charge on any atom is 0.327 e. The third kappa shape index (κ3) is 2.87. The van der Waals surface area contributed by atoms with Gasteiger partial charge in [-0.05, 0) is 30.3 Å². The van der Waals surface area contributed by atoms with Gasteiger partial charge in [-0.3, -0.25) is 10.1 Å². The summed E-state index contributed by atoms with van der Waals surface area (Å²) in [5, 5.41) is 13.3. The number of halogens is 3. The van der Waals surface area contributed by atoms with Gasteiger partial charge in [0.05, 0.1) is 10.6 Å². The van der Waals surface area contributed by atoms with Crippen LogP contribution in [0.3, 0.4) is 0 Å². The molecule has 0 aliphatic rings. The van der Waals surface area contributed by atoms with Crippen LogP contribution in [0.1, 0.15) is 0 Å². The summed E-state index contributed by atoms with van der Waals surface area (Å²) in [6.45, 7) is 0. The van der Waals surface area contributed by atoms with Crippen molar-refractivity contribution in [1.82, 2.24) is 0 Å². The van der Waals surface area contributed by atoms with Crippen LogP contribution in [0.2, 0.25) is 0 Å². The number of hydrogen-bond donors (Lipinski definition) is 1. The van der Waals surface area contributed by atoms with Gasteiger partial charge >= 0.3 is 5.69 Å². The number of benzene rings is 2. The standard InChI is InChI=1S/C12H7BrF2N2O2/c13-7-4-5-8(14)11(6-7)16-10-3-1-2-9(15)12(10)17(18)19/h1-6,16H. The highest BCUT2D eigenvalue weighted by atomic mass is 79.9. The fourth-order valence-electron chi connectivity index (χ4n) is 1.54. The number of nitro groups is 1. The lowest BCUT2D eigenvalue weighted by atomic mass is 10.2. The molecule has 98 valence electrons. The van der Waals surface area contributed by atoms with Crippen LogP contribution in [-0.4, -0.2) is 4.92 Å². The number of para-hydroxylation sites is 1. The van der Waals surface area contributed by atoms with Gasteiger partial charge in [0.25, 0.3) is 0 Å². The molecule has 2 rings (SSSR count). The number of nitrogens with one attached hydrogen (secondary N) is 1. The van der Waals surface area contributed by atoms with E-state index in [4.69, 9.17) is 0 Å². The van der Waals surface area contributed by atoms with Gasteiger partial charge in [0.15, 0.2) is 0 Å². The van der Waals surface area contributed by atoms with Crippen LogP contribution in [-0.2, 0) is 0 Å². The van der Waals surface area contributed by atoms with Crippen LogP contribution in [0, 0.1) is 21.7 Å². The number of hydrogen-bond acceptors (Lipinski definition) is 3. The van der Waals surface area contributed by atoms with E-state index in [1.807, 2.05) is 0 Å². The lowest BCUT2D eigenvalue weighted by Crippen LogP contribution is -2.00. The van der Waals surface area contributed by atoms with Crippen molar-refractivity contribution >= 4 is 33.0 Å². The van der Waals surface area contributed by atoms with Crippen molar-refractivity contribution in [3.8, 4) is 0 Å². The highest BCUT2D eigenvalue weighted by Gasteiger charge is 2.20. The zero-order valence-electron chi connectivity index (χ0n) is 9.36. The maximum absolute atomic E-state index is 13.5. The summed E-state index contributed by atoms with van der Waals surface area (Å²) in [6.07, 6.45) is 0. The van der Waals surface area contributed by atoms with E-state index in [1.54, 1.807) is 0 Å². The average molecular weight is 329 g/mol. The molecular weight excluding hydrogens is 322 g/mol. The van der Waals surface area contributed by atoms with Gasteiger partial charge in [0, 0.05) is 4.47 Å². The molecule has 7 heteroatoms. The summed E-state index contributed by atoms with van der Waals surface area (Å²) < 4.78 is 27.5. The first-order chi connectivity index (χ1) is 8.99. The van der Waals surface area contributed by atoms with E-state index >= 15 is 0 Å². The summed E-state index contributed by atoms with van der Waals surface area (Å²) in [7, 11) is 0. The minimum absolute atomic E-state index is 0.0167. The van der Waals surface area contributed by atoms with E-state index < -0.39 is 22.2 Å². The normalized spacial score (nSPS) is 10.3. The molecule has 0 aliphatic heterocycles. The molecule has 0 saturated heterocycles. The smallest absolute Gasteiger partial charge is 0.327 e. The lowest BCUT2D eigenvalue weighted by Gasteiger charge is -2.08. The Morgan fingerprint density at radius 2 is 1.84 bits per heavy atom. The lowest BCUT2D eigenvalue weighted by molar-refractivity contribution is -0.386. The topological polar surface area (TPSA) is 55.2 Å². The summed E-state index contributed by atoms with van der Waals surface area (Å²) in [5.41, 5.74) is -0.813. The number of nitro benzene ring substituents is 1. The first kappa shape index (κ1) is 13.4. The zero-order valence-corrected chi connectivity index (χ0v) is 10.9. The summed E-state index contributed by atoms with van der Waals surface area (Å²) in [4.78, 5) is 9.95. The molecule has 2 aromatic rings. The SMILES string of the molecule is O=[N+]([O-])c1c(F)cccc1Nc1cc(Br)ccc1F. The van der Waals surface area contributed by atoms with Crippen LogP contribution in [0.4, 0.5) is 25.8 Å². The Hall–Kier alpha value is -2.02. The van der Waals surface area contributed by atoms with E-state index in [0.717, 1.165) is 6.07 Å². The third-order valence-electron chi connectivity index (χ3n) is 2.37. The molecule has 0 radical (unpaired) electrons. The molecule has 0 spiro atoms. The van der Waals surface area contributed by atoms with Gasteiger partial charge in [-0.25, -0.2) is 4.39 Å². The molecule has 2 aromatic carbocycles. The van der Waals surface area contributed by atoms with Crippen molar-refractivity contribution in [2.45, 2.75) is 0 Å². The van der Waals surface area contributed by atoms with E-state index in [9.17, 15) is 18.9 Å². The fraction of sp³-hybridized carbons (Fsp3) is 0. The van der Waals surface area contributed by atoms with Gasteiger partial charge in [-0.2, -0.15) is 4.39 Å². The third-order valence-corrected chi connectivity index (χ3v) is 2.86. The Labute approximate surface area is 115 Å². The van der Waals surface area contributed by atoms with Gasteiger partial charge in [-0.15, -0.1) is 0 Å². The van der Waals surface area contributed by atoms with E-state index in [2.05, 4.69) is 21.2 Å². The summed E-state index contributed by atoms with van der Waals surface area (Å²) >= 11 is 3.16. The average Bonchev–Trinajstić information content (AvgIpc) is 2.33. The molecule has 0 unspecified atom stereocenters. The Bertz CT molecular complexity index is 650. The first-order valence-electron chi connectivity index (χ1n) is 5.14. The number of anilines is 2. The summed E-state index contributed by atoms with van der Waals surface area (Å²) in [6, 6.07) is 7.67. The minimum Gasteiger partial charge on any atom is -0.347 e. The van der Waals surface area contributed by atoms with Crippen molar-refractivity contribution in [2.75, 3.05) is 5.32 Å². The molecule has 0 heterocycles. The second-order valence-electron chi connectivity index (χ2n) is 3.64. The van der Waals surface area contributed by atoms with Gasteiger partial charge in [-0.1, -0.05) is 22.0 Å². The highest BCUT2D eigenvalue weighted by Crippen LogP contribution is 2.31. The Morgan fingerprint density at radius 1 is 1.11 bits per heavy atom. The van der Waals surface area contributed by atoms with E-state index in [-0.39, 0.29) is 11.4 Å². The van der Waals surface area contributed by atoms with Crippen LogP contribution in [0.5, 0.6) is 0 Å². The van der Waals surface area contributed by atoms with Gasteiger partial charge in [0.2, 0.25) is 5.82 Å². The Balaban J connectivity index is 2.46. The molecule has 0 aromatic heterocycles. The largest absolute Gasteiger partial charge is 0.347 e. The predicted octanol–water partition coefficient (Wildman–Crippen LogP) is 4.38. The van der Waals surface area contributed by atoms with Crippen LogP contribution in [0.25, 0.3) is 0 Å². The molecule has 0 saturated carbocycles. The molecule has 0 aliphatic carbocycles. The van der Waals surface area contributed by atoms with Gasteiger partial charge < -0.3 is 5.32 Å². The second-order valence-corrected chi connectivity index (χ2v) is 4.56. The van der Waals surface area contributed by atoms with Crippen LogP contribution < -0.4 is 5.32 Å². The molecule has 19 heavy (non-hydrogen) atoms. The molecule has 0 amide bonds. The second kappa shape index (κ2) is 5.31. The maximum atomic E-state index is 13.5. The molecule has 0 bridgehead atoms. The quantitative estimate of drug-likeness (QED) is 0.672. The Kier molecular flexibility index (Phi) is 3.75. The van der Waals surface area contributed by atoms with Crippen molar-refractivity contribution in [3.63, 3.8) is 0 Å². The highest BCUT2D eigenvalue weighted by molar-refractivity contribution is 9.10. The monoisotopic (exact) mass is 328 g/mol. The first-order valence-corrected chi connectivity index (χ1v) is 5.93. The molecule has 0 fully saturated rings. The molecular formula is C12H7BrF2N2O2. The summed E-state index contributed by atoms with van der Waals surface area (Å²) in [5.74, 6) is -1.58. The van der Waals surface area contributed by atoms with Crippen LogP contribution >= 0.6 is 15.9 Å². The van der Waals surface area contributed by atoms with Gasteiger partial charge in [0.1, 0.15) is 11.5 Å². The molecule has 0 atom stereocenters. The van der Waals surface area contributed by atoms with Crippen LogP contribution in [0.15, 0.2) is 40.9 Å². The van der Waals surface area contributed by atoms with Crippen molar-refractivity contribution in [3.05, 3.63) is 62.6 Å². The van der Waals surface area contributed by atoms with Crippen molar-refractivity contribution < 1.29 is 13.7 Å². The minimum atomic E-state index is -0.981. The Morgan fingerprint density at radius 3 is 2.53 bits per heavy atom. The molecule has 4 nitrogen and oxygen atoms in total. The fourth-order valence-corrected chi connectivity index (χ4v) is 1.90. The van der Waals surface area contributed by atoms with E-state index in [0.29, 0.717) is 4.47 Å². The zero-order chi connectivity index (χ0) is 14.0. The predicted molar refractivity (Wildman–Crippen MR) is 70.4 cm³/mol. The number of nitrogens with zero attached hydrogens (tertiary/aromatic N) is 1. The van der Waals surface area contributed by atoms with E-state index in [1.165, 1.54) is 30.3 Å². The number of rotatable bonds is 3. The van der Waals surface area contributed by atoms with Crippen molar-refractivity contribution in [1.29, 1.82) is 0 Å².